The first-order chi connectivity index (χ1) is 9.45. The molecule has 2 rings (SSSR count). The molecule has 118 valence electrons. The third kappa shape index (κ3) is 3.16. The van der Waals surface area contributed by atoms with Crippen molar-refractivity contribution in [1.29, 1.82) is 0 Å². The van der Waals surface area contributed by atoms with E-state index in [1.54, 1.807) is 18.7 Å². The summed E-state index contributed by atoms with van der Waals surface area (Å²) in [6.07, 6.45) is 1.80. The summed E-state index contributed by atoms with van der Waals surface area (Å²) in [4.78, 5) is 2.18. The zero-order valence-corrected chi connectivity index (χ0v) is 14.0. The summed E-state index contributed by atoms with van der Waals surface area (Å²) in [5, 5.41) is -0.389. The summed E-state index contributed by atoms with van der Waals surface area (Å²) in [5.74, 6) is 1.83. The minimum absolute atomic E-state index is 0.145. The second-order valence-corrected chi connectivity index (χ2v) is 9.34. The highest BCUT2D eigenvalue weighted by atomic mass is 32.2. The summed E-state index contributed by atoms with van der Waals surface area (Å²) in [6.45, 7) is 5.75. The van der Waals surface area contributed by atoms with Gasteiger partial charge in [-0.05, 0) is 19.8 Å². The number of hydrogen-bond donors (Lipinski definition) is 1. The number of thioether (sulfide) groups is 1. The van der Waals surface area contributed by atoms with Crippen molar-refractivity contribution in [3.8, 4) is 0 Å². The lowest BCUT2D eigenvalue weighted by Gasteiger charge is -2.51. The van der Waals surface area contributed by atoms with Gasteiger partial charge in [0.1, 0.15) is 5.37 Å². The molecular weight excluding hydrogens is 296 g/mol. The molecule has 3 atom stereocenters. The lowest BCUT2D eigenvalue weighted by atomic mass is 9.85. The number of rotatable bonds is 4. The second-order valence-electron chi connectivity index (χ2n) is 5.74. The molecular formula is C13H26N2O3S2. The minimum Gasteiger partial charge on any atom is -0.378 e. The van der Waals surface area contributed by atoms with Crippen LogP contribution in [0.1, 0.15) is 26.7 Å². The van der Waals surface area contributed by atoms with Crippen LogP contribution >= 0.6 is 11.8 Å². The van der Waals surface area contributed by atoms with Crippen LogP contribution in [-0.4, -0.2) is 67.3 Å². The van der Waals surface area contributed by atoms with E-state index in [1.165, 1.54) is 0 Å². The average molecular weight is 322 g/mol. The van der Waals surface area contributed by atoms with E-state index in [-0.39, 0.29) is 22.8 Å². The van der Waals surface area contributed by atoms with Gasteiger partial charge in [0.15, 0.2) is 9.84 Å². The van der Waals surface area contributed by atoms with Crippen molar-refractivity contribution in [2.75, 3.05) is 37.0 Å². The Labute approximate surface area is 126 Å². The van der Waals surface area contributed by atoms with Crippen LogP contribution in [0.4, 0.5) is 0 Å². The largest absolute Gasteiger partial charge is 0.378 e. The van der Waals surface area contributed by atoms with Gasteiger partial charge in [-0.2, -0.15) is 11.8 Å². The molecule has 0 aromatic rings. The monoisotopic (exact) mass is 322 g/mol. The van der Waals surface area contributed by atoms with Gasteiger partial charge in [0.25, 0.3) is 0 Å². The topological polar surface area (TPSA) is 72.6 Å². The van der Waals surface area contributed by atoms with Crippen LogP contribution in [0.5, 0.6) is 0 Å². The first-order valence-electron chi connectivity index (χ1n) is 7.33. The highest BCUT2D eigenvalue weighted by Crippen LogP contribution is 2.36. The zero-order valence-electron chi connectivity index (χ0n) is 12.4. The maximum atomic E-state index is 12.4. The molecule has 0 bridgehead atoms. The van der Waals surface area contributed by atoms with Gasteiger partial charge in [0.2, 0.25) is 0 Å². The molecule has 2 N–H and O–H groups in total. The fraction of sp³-hybridized carbons (Fsp3) is 1.00. The molecule has 2 heterocycles. The van der Waals surface area contributed by atoms with Gasteiger partial charge in [-0.1, -0.05) is 6.92 Å². The molecule has 2 aliphatic rings. The maximum Gasteiger partial charge on any atom is 0.166 e. The number of nitrogens with zero attached hydrogens (tertiary/aromatic N) is 1. The molecule has 2 aliphatic heterocycles. The Morgan fingerprint density at radius 1 is 1.50 bits per heavy atom. The average Bonchev–Trinajstić information content (AvgIpc) is 2.47. The summed E-state index contributed by atoms with van der Waals surface area (Å²) in [5.41, 5.74) is 5.86. The molecule has 0 aromatic heterocycles. The van der Waals surface area contributed by atoms with E-state index in [4.69, 9.17) is 10.5 Å². The van der Waals surface area contributed by atoms with E-state index in [0.717, 1.165) is 25.1 Å². The second kappa shape index (κ2) is 6.52. The van der Waals surface area contributed by atoms with Crippen molar-refractivity contribution in [3.05, 3.63) is 0 Å². The maximum absolute atomic E-state index is 12.4. The number of hydrogen-bond acceptors (Lipinski definition) is 6. The summed E-state index contributed by atoms with van der Waals surface area (Å²) in [6, 6.07) is 0. The van der Waals surface area contributed by atoms with Crippen molar-refractivity contribution >= 4 is 21.6 Å². The molecule has 0 aliphatic carbocycles. The molecule has 2 saturated heterocycles. The molecule has 20 heavy (non-hydrogen) atoms. The fourth-order valence-electron chi connectivity index (χ4n) is 3.32. The lowest BCUT2D eigenvalue weighted by Crippen LogP contribution is -2.65. The third-order valence-electron chi connectivity index (χ3n) is 4.53. The van der Waals surface area contributed by atoms with E-state index in [9.17, 15) is 8.42 Å². The molecule has 3 unspecified atom stereocenters. The van der Waals surface area contributed by atoms with Gasteiger partial charge >= 0.3 is 0 Å². The summed E-state index contributed by atoms with van der Waals surface area (Å²) >= 11 is 1.73. The predicted molar refractivity (Wildman–Crippen MR) is 83.7 cm³/mol. The Morgan fingerprint density at radius 2 is 2.25 bits per heavy atom. The number of ether oxygens (including phenoxy) is 1. The van der Waals surface area contributed by atoms with Crippen LogP contribution in [0, 0.1) is 0 Å². The van der Waals surface area contributed by atoms with Gasteiger partial charge < -0.3 is 10.5 Å². The summed E-state index contributed by atoms with van der Waals surface area (Å²) < 4.78 is 30.5. The molecule has 2 fully saturated rings. The Morgan fingerprint density at radius 3 is 2.85 bits per heavy atom. The number of nitrogens with two attached hydrogens (primary N) is 1. The van der Waals surface area contributed by atoms with Crippen LogP contribution in [0.2, 0.25) is 0 Å². The zero-order chi connectivity index (χ0) is 14.8. The first kappa shape index (κ1) is 16.5. The minimum atomic E-state index is -3.08. The molecule has 0 saturated carbocycles. The normalized spacial score (nSPS) is 37.0. The molecule has 0 radical (unpaired) electrons. The van der Waals surface area contributed by atoms with E-state index in [0.29, 0.717) is 18.9 Å². The lowest BCUT2D eigenvalue weighted by molar-refractivity contribution is -0.0653. The van der Waals surface area contributed by atoms with Crippen molar-refractivity contribution in [3.63, 3.8) is 0 Å². The van der Waals surface area contributed by atoms with E-state index >= 15 is 0 Å². The van der Waals surface area contributed by atoms with E-state index < -0.39 is 9.84 Å². The third-order valence-corrected chi connectivity index (χ3v) is 7.82. The Bertz CT molecular complexity index is 429. The Kier molecular flexibility index (Phi) is 5.40. The van der Waals surface area contributed by atoms with Crippen molar-refractivity contribution < 1.29 is 13.2 Å². The summed E-state index contributed by atoms with van der Waals surface area (Å²) in [7, 11) is -3.08. The van der Waals surface area contributed by atoms with Gasteiger partial charge in [-0.25, -0.2) is 8.42 Å². The quantitative estimate of drug-likeness (QED) is 0.821. The van der Waals surface area contributed by atoms with Crippen LogP contribution in [0.3, 0.4) is 0 Å². The molecule has 0 aromatic carbocycles. The molecule has 7 heteroatoms. The molecule has 5 nitrogen and oxygen atoms in total. The number of sulfone groups is 1. The SMILES string of the molecule is CCS(=O)(=O)C1CSCCN1C1(CN)CCOC(C)C1. The van der Waals surface area contributed by atoms with Gasteiger partial charge in [0.05, 0.1) is 6.10 Å². The van der Waals surface area contributed by atoms with Gasteiger partial charge in [0, 0.05) is 42.5 Å². The van der Waals surface area contributed by atoms with Crippen LogP contribution in [0.15, 0.2) is 0 Å². The van der Waals surface area contributed by atoms with Crippen LogP contribution < -0.4 is 5.73 Å². The molecule has 0 spiro atoms. The Hall–Kier alpha value is 0.180. The van der Waals surface area contributed by atoms with Gasteiger partial charge in [-0.3, -0.25) is 4.90 Å². The highest BCUT2D eigenvalue weighted by molar-refractivity contribution is 8.01. The van der Waals surface area contributed by atoms with E-state index in [1.807, 2.05) is 6.92 Å². The standard InChI is InChI=1S/C13H26N2O3S2/c1-3-20(16,17)12-9-19-7-5-15(12)13(10-14)4-6-18-11(2)8-13/h11-12H,3-10,14H2,1-2H3. The van der Waals surface area contributed by atoms with Gasteiger partial charge in [-0.15, -0.1) is 0 Å². The van der Waals surface area contributed by atoms with Crippen molar-refractivity contribution in [2.24, 2.45) is 5.73 Å². The first-order valence-corrected chi connectivity index (χ1v) is 10.2. The fourth-order valence-corrected chi connectivity index (χ4v) is 6.42. The van der Waals surface area contributed by atoms with Crippen LogP contribution in [-0.2, 0) is 14.6 Å². The van der Waals surface area contributed by atoms with E-state index in [2.05, 4.69) is 4.90 Å². The van der Waals surface area contributed by atoms with Crippen molar-refractivity contribution in [2.45, 2.75) is 43.7 Å². The smallest absolute Gasteiger partial charge is 0.166 e. The van der Waals surface area contributed by atoms with Crippen LogP contribution in [0.25, 0.3) is 0 Å². The Balaban J connectivity index is 2.30. The predicted octanol–water partition coefficient (Wildman–Crippen LogP) is 0.692. The van der Waals surface area contributed by atoms with Crippen molar-refractivity contribution in [1.82, 2.24) is 4.90 Å². The highest BCUT2D eigenvalue weighted by Gasteiger charge is 2.47. The molecule has 0 amide bonds.